The number of nitrogens with zero attached hydrogens (tertiary/aromatic N) is 1. The average molecular weight is 318 g/mol. The van der Waals surface area contributed by atoms with E-state index < -0.39 is 16.0 Å². The normalized spacial score (nSPS) is 11.8. The Morgan fingerprint density at radius 2 is 2.25 bits per heavy atom. The number of fused-ring (bicyclic) bond motifs is 1. The number of aromatic nitrogens is 2. The van der Waals surface area contributed by atoms with E-state index in [1.54, 1.807) is 0 Å². The van der Waals surface area contributed by atoms with Crippen molar-refractivity contribution in [2.45, 2.75) is 17.7 Å². The van der Waals surface area contributed by atoms with E-state index >= 15 is 0 Å². The van der Waals surface area contributed by atoms with E-state index in [0.29, 0.717) is 11.0 Å². The molecule has 0 radical (unpaired) electrons. The first-order valence-electron chi connectivity index (χ1n) is 5.75. The first-order valence-corrected chi connectivity index (χ1v) is 7.61. The molecule has 0 amide bonds. The van der Waals surface area contributed by atoms with E-state index in [4.69, 9.17) is 16.7 Å². The van der Waals surface area contributed by atoms with Gasteiger partial charge < -0.3 is 10.1 Å². The second kappa shape index (κ2) is 5.78. The van der Waals surface area contributed by atoms with Crippen LogP contribution in [0.4, 0.5) is 0 Å². The Balaban J connectivity index is 2.22. The fourth-order valence-corrected chi connectivity index (χ4v) is 3.29. The minimum absolute atomic E-state index is 0.000856. The minimum atomic E-state index is -3.76. The lowest BCUT2D eigenvalue weighted by atomic mass is 10.3. The molecule has 0 saturated carbocycles. The first-order chi connectivity index (χ1) is 9.42. The molecule has 0 aliphatic carbocycles. The van der Waals surface area contributed by atoms with Crippen molar-refractivity contribution in [1.29, 1.82) is 0 Å². The number of nitrogens with one attached hydrogen (secondary N) is 2. The van der Waals surface area contributed by atoms with Gasteiger partial charge in [-0.25, -0.2) is 18.1 Å². The lowest BCUT2D eigenvalue weighted by Crippen LogP contribution is -2.25. The van der Waals surface area contributed by atoms with E-state index in [1.165, 1.54) is 18.5 Å². The summed E-state index contributed by atoms with van der Waals surface area (Å²) >= 11 is 5.98. The summed E-state index contributed by atoms with van der Waals surface area (Å²) in [7, 11) is -3.76. The molecule has 7 nitrogen and oxygen atoms in total. The van der Waals surface area contributed by atoms with Gasteiger partial charge in [-0.3, -0.25) is 4.79 Å². The lowest BCUT2D eigenvalue weighted by Gasteiger charge is -2.05. The molecule has 2 aromatic rings. The summed E-state index contributed by atoms with van der Waals surface area (Å²) in [6.45, 7) is 0.0409. The first kappa shape index (κ1) is 14.8. The molecule has 0 aliphatic heterocycles. The van der Waals surface area contributed by atoms with E-state index in [1.807, 2.05) is 0 Å². The average Bonchev–Trinajstić information content (AvgIpc) is 2.80. The number of hydrogen-bond donors (Lipinski definition) is 3. The maximum atomic E-state index is 12.1. The van der Waals surface area contributed by atoms with Gasteiger partial charge in [-0.05, 0) is 12.5 Å². The number of aliphatic carboxylic acids is 1. The maximum Gasteiger partial charge on any atom is 0.303 e. The van der Waals surface area contributed by atoms with Gasteiger partial charge in [-0.2, -0.15) is 0 Å². The molecule has 108 valence electrons. The number of halogens is 1. The summed E-state index contributed by atoms with van der Waals surface area (Å²) in [5.41, 5.74) is 0.378. The molecule has 0 unspecified atom stereocenters. The number of pyridine rings is 1. The van der Waals surface area contributed by atoms with Crippen LogP contribution < -0.4 is 4.72 Å². The zero-order valence-corrected chi connectivity index (χ0v) is 11.8. The number of carboxylic acids is 1. The molecule has 0 bridgehead atoms. The third kappa shape index (κ3) is 3.09. The van der Waals surface area contributed by atoms with Crippen molar-refractivity contribution in [3.63, 3.8) is 0 Å². The van der Waals surface area contributed by atoms with E-state index in [9.17, 15) is 13.2 Å². The number of sulfonamides is 1. The molecule has 2 heterocycles. The van der Waals surface area contributed by atoms with Crippen LogP contribution in [0.3, 0.4) is 0 Å². The summed E-state index contributed by atoms with van der Waals surface area (Å²) < 4.78 is 26.6. The molecule has 2 aromatic heterocycles. The highest BCUT2D eigenvalue weighted by Crippen LogP contribution is 2.27. The minimum Gasteiger partial charge on any atom is -0.481 e. The standard InChI is InChI=1S/C11H12ClN3O4S/c12-7-3-5-13-11-10(7)8(6-14-11)20(18,19)15-4-1-2-9(16)17/h3,5-6,15H,1-2,4H2,(H,13,14)(H,16,17). The molecular weight excluding hydrogens is 306 g/mol. The summed E-state index contributed by atoms with van der Waals surface area (Å²) in [6, 6.07) is 1.50. The molecular formula is C11H12ClN3O4S. The highest BCUT2D eigenvalue weighted by molar-refractivity contribution is 7.89. The molecule has 0 atom stereocenters. The Morgan fingerprint density at radius 3 is 2.95 bits per heavy atom. The van der Waals surface area contributed by atoms with Crippen LogP contribution in [0.5, 0.6) is 0 Å². The molecule has 9 heteroatoms. The topological polar surface area (TPSA) is 112 Å². The lowest BCUT2D eigenvalue weighted by molar-refractivity contribution is -0.137. The van der Waals surface area contributed by atoms with Gasteiger partial charge >= 0.3 is 5.97 Å². The van der Waals surface area contributed by atoms with Crippen LogP contribution in [-0.4, -0.2) is 36.0 Å². The molecule has 20 heavy (non-hydrogen) atoms. The number of hydrogen-bond acceptors (Lipinski definition) is 4. The van der Waals surface area contributed by atoms with Gasteiger partial charge in [0.1, 0.15) is 10.5 Å². The molecule has 0 saturated heterocycles. The van der Waals surface area contributed by atoms with Crippen LogP contribution >= 0.6 is 11.6 Å². The predicted octanol–water partition coefficient (Wildman–Crippen LogP) is 1.36. The van der Waals surface area contributed by atoms with Crippen LogP contribution in [0.2, 0.25) is 5.02 Å². The van der Waals surface area contributed by atoms with Gasteiger partial charge in [0.15, 0.2) is 0 Å². The molecule has 3 N–H and O–H groups in total. The van der Waals surface area contributed by atoms with Crippen LogP contribution in [0.15, 0.2) is 23.4 Å². The zero-order chi connectivity index (χ0) is 14.8. The zero-order valence-electron chi connectivity index (χ0n) is 10.3. The van der Waals surface area contributed by atoms with Crippen molar-refractivity contribution in [3.8, 4) is 0 Å². The molecule has 0 spiro atoms. The smallest absolute Gasteiger partial charge is 0.303 e. The molecule has 0 aromatic carbocycles. The second-order valence-electron chi connectivity index (χ2n) is 4.06. The van der Waals surface area contributed by atoms with E-state index in [0.717, 1.165) is 0 Å². The van der Waals surface area contributed by atoms with Gasteiger partial charge in [0, 0.05) is 25.4 Å². The fourth-order valence-electron chi connectivity index (χ4n) is 1.72. The van der Waals surface area contributed by atoms with Gasteiger partial charge in [0.25, 0.3) is 0 Å². The number of carboxylic acid groups (broad SMARTS) is 1. The predicted molar refractivity (Wildman–Crippen MR) is 73.2 cm³/mol. The Hall–Kier alpha value is -1.64. The fraction of sp³-hybridized carbons (Fsp3) is 0.273. The summed E-state index contributed by atoms with van der Waals surface area (Å²) in [5.74, 6) is -0.969. The Morgan fingerprint density at radius 1 is 1.50 bits per heavy atom. The highest BCUT2D eigenvalue weighted by Gasteiger charge is 2.20. The Kier molecular flexibility index (Phi) is 4.26. The van der Waals surface area contributed by atoms with Crippen molar-refractivity contribution in [3.05, 3.63) is 23.5 Å². The Bertz CT molecular complexity index is 741. The summed E-state index contributed by atoms with van der Waals surface area (Å²) in [6.07, 6.45) is 2.89. The van der Waals surface area contributed by atoms with Crippen molar-refractivity contribution >= 4 is 38.6 Å². The van der Waals surface area contributed by atoms with Crippen molar-refractivity contribution in [2.75, 3.05) is 6.54 Å². The third-order valence-corrected chi connectivity index (χ3v) is 4.44. The maximum absolute atomic E-state index is 12.1. The van der Waals surface area contributed by atoms with Crippen molar-refractivity contribution < 1.29 is 18.3 Å². The van der Waals surface area contributed by atoms with Crippen molar-refractivity contribution in [1.82, 2.24) is 14.7 Å². The van der Waals surface area contributed by atoms with Crippen LogP contribution in [0, 0.1) is 0 Å². The quantitative estimate of drug-likeness (QED) is 0.696. The van der Waals surface area contributed by atoms with Gasteiger partial charge in [-0.1, -0.05) is 11.6 Å². The number of H-pyrrole nitrogens is 1. The summed E-state index contributed by atoms with van der Waals surface area (Å²) in [4.78, 5) is 17.1. The van der Waals surface area contributed by atoms with E-state index in [-0.39, 0.29) is 29.3 Å². The van der Waals surface area contributed by atoms with Crippen LogP contribution in [0.1, 0.15) is 12.8 Å². The summed E-state index contributed by atoms with van der Waals surface area (Å²) in [5, 5.41) is 9.10. The number of rotatable bonds is 6. The van der Waals surface area contributed by atoms with Crippen LogP contribution in [0.25, 0.3) is 11.0 Å². The highest BCUT2D eigenvalue weighted by atomic mass is 35.5. The molecule has 0 aliphatic rings. The van der Waals surface area contributed by atoms with Gasteiger partial charge in [0.2, 0.25) is 10.0 Å². The Labute approximate surface area is 120 Å². The van der Waals surface area contributed by atoms with E-state index in [2.05, 4.69) is 14.7 Å². The van der Waals surface area contributed by atoms with Crippen LogP contribution in [-0.2, 0) is 14.8 Å². The van der Waals surface area contributed by atoms with Gasteiger partial charge in [-0.15, -0.1) is 0 Å². The molecule has 0 fully saturated rings. The molecule has 2 rings (SSSR count). The van der Waals surface area contributed by atoms with Gasteiger partial charge in [0.05, 0.1) is 10.4 Å². The second-order valence-corrected chi connectivity index (χ2v) is 6.21. The number of carbonyl (C=O) groups is 1. The van der Waals surface area contributed by atoms with Crippen molar-refractivity contribution in [2.24, 2.45) is 0 Å². The third-order valence-electron chi connectivity index (χ3n) is 2.64. The largest absolute Gasteiger partial charge is 0.481 e. The SMILES string of the molecule is O=C(O)CCCNS(=O)(=O)c1c[nH]c2nccc(Cl)c12. The monoisotopic (exact) mass is 317 g/mol. The number of aromatic amines is 1.